The number of hydrogen-bond donors (Lipinski definition) is 2. The van der Waals surface area contributed by atoms with Crippen molar-refractivity contribution in [2.24, 2.45) is 0 Å². The summed E-state index contributed by atoms with van der Waals surface area (Å²) in [5.74, 6) is -0.0365. The Balaban J connectivity index is 1.72. The van der Waals surface area contributed by atoms with Gasteiger partial charge in [-0.2, -0.15) is 5.26 Å². The van der Waals surface area contributed by atoms with Crippen molar-refractivity contribution >= 4 is 17.5 Å². The van der Waals surface area contributed by atoms with E-state index < -0.39 is 0 Å². The molecule has 6 heteroatoms. The molecule has 2 amide bonds. The summed E-state index contributed by atoms with van der Waals surface area (Å²) in [6.07, 6.45) is 1.10. The molecule has 0 aromatic heterocycles. The Morgan fingerprint density at radius 1 is 1.48 bits per heavy atom. The first-order valence-electron chi connectivity index (χ1n) is 6.96. The van der Waals surface area contributed by atoms with Gasteiger partial charge in [-0.1, -0.05) is 6.07 Å². The summed E-state index contributed by atoms with van der Waals surface area (Å²) in [5.41, 5.74) is 1.16. The SMILES string of the molecule is N#Cc1cccc(NC(=O)CCCN2CCNC(=O)C2)c1. The van der Waals surface area contributed by atoms with Crippen LogP contribution < -0.4 is 10.6 Å². The van der Waals surface area contributed by atoms with E-state index in [-0.39, 0.29) is 11.8 Å². The van der Waals surface area contributed by atoms with Gasteiger partial charge in [0.05, 0.1) is 18.2 Å². The highest BCUT2D eigenvalue weighted by Gasteiger charge is 2.15. The van der Waals surface area contributed by atoms with E-state index in [1.807, 2.05) is 11.0 Å². The number of anilines is 1. The van der Waals surface area contributed by atoms with Crippen LogP contribution in [0.15, 0.2) is 24.3 Å². The van der Waals surface area contributed by atoms with Gasteiger partial charge >= 0.3 is 0 Å². The summed E-state index contributed by atoms with van der Waals surface area (Å²) in [6.45, 7) is 2.65. The number of nitrogens with one attached hydrogen (secondary N) is 2. The molecule has 2 rings (SSSR count). The Kier molecular flexibility index (Phi) is 5.29. The Morgan fingerprint density at radius 3 is 3.10 bits per heavy atom. The third kappa shape index (κ3) is 4.89. The van der Waals surface area contributed by atoms with Crippen LogP contribution in [0.3, 0.4) is 0 Å². The third-order valence-electron chi connectivity index (χ3n) is 3.27. The van der Waals surface area contributed by atoms with Gasteiger partial charge in [-0.15, -0.1) is 0 Å². The van der Waals surface area contributed by atoms with Crippen LogP contribution in [0.4, 0.5) is 5.69 Å². The van der Waals surface area contributed by atoms with Gasteiger partial charge in [0, 0.05) is 25.2 Å². The van der Waals surface area contributed by atoms with Crippen LogP contribution in [0.1, 0.15) is 18.4 Å². The second-order valence-corrected chi connectivity index (χ2v) is 4.97. The maximum absolute atomic E-state index is 11.8. The van der Waals surface area contributed by atoms with Gasteiger partial charge in [0.1, 0.15) is 0 Å². The van der Waals surface area contributed by atoms with Crippen LogP contribution in [0, 0.1) is 11.3 Å². The van der Waals surface area contributed by atoms with Crippen molar-refractivity contribution in [1.29, 1.82) is 5.26 Å². The first kappa shape index (κ1) is 15.0. The lowest BCUT2D eigenvalue weighted by atomic mass is 10.2. The molecule has 2 N–H and O–H groups in total. The summed E-state index contributed by atoms with van der Waals surface area (Å²) >= 11 is 0. The van der Waals surface area contributed by atoms with Crippen LogP contribution in [-0.4, -0.2) is 42.9 Å². The number of hydrogen-bond acceptors (Lipinski definition) is 4. The highest BCUT2D eigenvalue weighted by atomic mass is 16.2. The Hall–Kier alpha value is -2.39. The molecule has 0 unspecified atom stereocenters. The van der Waals surface area contributed by atoms with E-state index in [1.54, 1.807) is 24.3 Å². The van der Waals surface area contributed by atoms with Crippen molar-refractivity contribution in [3.63, 3.8) is 0 Å². The number of benzene rings is 1. The highest BCUT2D eigenvalue weighted by Crippen LogP contribution is 2.10. The minimum Gasteiger partial charge on any atom is -0.354 e. The number of amides is 2. The molecule has 1 aromatic carbocycles. The smallest absolute Gasteiger partial charge is 0.234 e. The molecule has 1 aromatic rings. The lowest BCUT2D eigenvalue weighted by Gasteiger charge is -2.26. The fraction of sp³-hybridized carbons (Fsp3) is 0.400. The summed E-state index contributed by atoms with van der Waals surface area (Å²) in [7, 11) is 0. The number of carbonyl (C=O) groups is 2. The zero-order valence-electron chi connectivity index (χ0n) is 11.8. The van der Waals surface area contributed by atoms with Crippen LogP contribution >= 0.6 is 0 Å². The van der Waals surface area contributed by atoms with E-state index in [0.29, 0.717) is 37.2 Å². The topological polar surface area (TPSA) is 85.2 Å². The molecule has 6 nitrogen and oxygen atoms in total. The molecule has 110 valence electrons. The number of rotatable bonds is 5. The minimum absolute atomic E-state index is 0.0408. The third-order valence-corrected chi connectivity index (χ3v) is 3.27. The molecular formula is C15H18N4O2. The van der Waals surface area contributed by atoms with Gasteiger partial charge in [-0.3, -0.25) is 14.5 Å². The molecule has 1 heterocycles. The summed E-state index contributed by atoms with van der Waals surface area (Å²) in [5, 5.41) is 14.3. The normalized spacial score (nSPS) is 15.1. The molecule has 1 saturated heterocycles. The number of nitriles is 1. The molecule has 0 saturated carbocycles. The predicted molar refractivity (Wildman–Crippen MR) is 78.5 cm³/mol. The lowest BCUT2D eigenvalue weighted by molar-refractivity contribution is -0.124. The number of nitrogens with zero attached hydrogens (tertiary/aromatic N) is 2. The van der Waals surface area contributed by atoms with Crippen molar-refractivity contribution in [3.8, 4) is 6.07 Å². The maximum atomic E-state index is 11.8. The molecule has 0 bridgehead atoms. The molecule has 1 aliphatic rings. The van der Waals surface area contributed by atoms with Gasteiger partial charge in [0.2, 0.25) is 11.8 Å². The van der Waals surface area contributed by atoms with Crippen LogP contribution in [0.25, 0.3) is 0 Å². The van der Waals surface area contributed by atoms with E-state index in [9.17, 15) is 9.59 Å². The zero-order valence-corrected chi connectivity index (χ0v) is 11.8. The van der Waals surface area contributed by atoms with Crippen LogP contribution in [0.5, 0.6) is 0 Å². The van der Waals surface area contributed by atoms with E-state index in [0.717, 1.165) is 13.1 Å². The molecule has 1 fully saturated rings. The maximum Gasteiger partial charge on any atom is 0.234 e. The van der Waals surface area contributed by atoms with Crippen molar-refractivity contribution in [2.45, 2.75) is 12.8 Å². The van der Waals surface area contributed by atoms with E-state index >= 15 is 0 Å². The number of carbonyl (C=O) groups excluding carboxylic acids is 2. The van der Waals surface area contributed by atoms with Gasteiger partial charge in [0.15, 0.2) is 0 Å². The highest BCUT2D eigenvalue weighted by molar-refractivity contribution is 5.90. The fourth-order valence-electron chi connectivity index (χ4n) is 2.24. The average molecular weight is 286 g/mol. The largest absolute Gasteiger partial charge is 0.354 e. The average Bonchev–Trinajstić information content (AvgIpc) is 2.47. The summed E-state index contributed by atoms with van der Waals surface area (Å²) < 4.78 is 0. The molecule has 0 radical (unpaired) electrons. The molecule has 0 atom stereocenters. The van der Waals surface area contributed by atoms with Crippen molar-refractivity contribution < 1.29 is 9.59 Å². The Morgan fingerprint density at radius 2 is 2.33 bits per heavy atom. The predicted octanol–water partition coefficient (Wildman–Crippen LogP) is 0.709. The zero-order chi connectivity index (χ0) is 15.1. The molecule has 0 aliphatic carbocycles. The standard InChI is InChI=1S/C15H18N4O2/c16-10-12-3-1-4-13(9-12)18-14(20)5-2-7-19-8-6-17-15(21)11-19/h1,3-4,9H,2,5-8,11H2,(H,17,21)(H,18,20). The first-order valence-corrected chi connectivity index (χ1v) is 6.96. The summed E-state index contributed by atoms with van der Waals surface area (Å²) in [6, 6.07) is 8.87. The first-order chi connectivity index (χ1) is 10.2. The molecule has 21 heavy (non-hydrogen) atoms. The second kappa shape index (κ2) is 7.41. The van der Waals surface area contributed by atoms with Crippen molar-refractivity contribution in [2.75, 3.05) is 31.5 Å². The van der Waals surface area contributed by atoms with E-state index in [1.165, 1.54) is 0 Å². The lowest BCUT2D eigenvalue weighted by Crippen LogP contribution is -2.47. The summed E-state index contributed by atoms with van der Waals surface area (Å²) in [4.78, 5) is 25.1. The second-order valence-electron chi connectivity index (χ2n) is 4.97. The van der Waals surface area contributed by atoms with Gasteiger partial charge < -0.3 is 10.6 Å². The molecular weight excluding hydrogens is 268 g/mol. The minimum atomic E-state index is -0.0773. The van der Waals surface area contributed by atoms with Gasteiger partial charge in [-0.25, -0.2) is 0 Å². The molecule has 0 spiro atoms. The quantitative estimate of drug-likeness (QED) is 0.834. The monoisotopic (exact) mass is 286 g/mol. The van der Waals surface area contributed by atoms with E-state index in [2.05, 4.69) is 10.6 Å². The Bertz CT molecular complexity index is 565. The van der Waals surface area contributed by atoms with Crippen LogP contribution in [0.2, 0.25) is 0 Å². The van der Waals surface area contributed by atoms with Gasteiger partial charge in [-0.05, 0) is 31.2 Å². The fourth-order valence-corrected chi connectivity index (χ4v) is 2.24. The van der Waals surface area contributed by atoms with Crippen molar-refractivity contribution in [1.82, 2.24) is 10.2 Å². The number of piperazine rings is 1. The van der Waals surface area contributed by atoms with Crippen LogP contribution in [-0.2, 0) is 9.59 Å². The Labute approximate surface area is 123 Å². The van der Waals surface area contributed by atoms with E-state index in [4.69, 9.17) is 5.26 Å². The molecule has 1 aliphatic heterocycles. The van der Waals surface area contributed by atoms with Crippen molar-refractivity contribution in [3.05, 3.63) is 29.8 Å². The van der Waals surface area contributed by atoms with Gasteiger partial charge in [0.25, 0.3) is 0 Å².